The molecule has 2 amide bonds. The molecule has 0 bridgehead atoms. The van der Waals surface area contributed by atoms with Gasteiger partial charge in [0.15, 0.2) is 0 Å². The molecule has 1 aromatic heterocycles. The summed E-state index contributed by atoms with van der Waals surface area (Å²) >= 11 is 0. The van der Waals surface area contributed by atoms with Gasteiger partial charge in [0.1, 0.15) is 0 Å². The van der Waals surface area contributed by atoms with Crippen molar-refractivity contribution < 1.29 is 9.59 Å². The Labute approximate surface area is 214 Å². The number of anilines is 2. The van der Waals surface area contributed by atoms with Crippen LogP contribution in [0.15, 0.2) is 67.0 Å². The number of pyridine rings is 1. The molecule has 188 valence electrons. The summed E-state index contributed by atoms with van der Waals surface area (Å²) in [5.41, 5.74) is 5.68. The highest BCUT2D eigenvalue weighted by Gasteiger charge is 2.23. The van der Waals surface area contributed by atoms with Gasteiger partial charge in [-0.25, -0.2) is 0 Å². The van der Waals surface area contributed by atoms with E-state index in [4.69, 9.17) is 0 Å². The number of aromatic nitrogens is 1. The lowest BCUT2D eigenvalue weighted by atomic mass is 9.97. The van der Waals surface area contributed by atoms with Crippen LogP contribution in [0.5, 0.6) is 0 Å². The molecule has 1 atom stereocenters. The van der Waals surface area contributed by atoms with E-state index < -0.39 is 0 Å². The molecular weight excluding hydrogens is 448 g/mol. The van der Waals surface area contributed by atoms with Gasteiger partial charge in [0, 0.05) is 49.3 Å². The molecule has 0 saturated carbocycles. The summed E-state index contributed by atoms with van der Waals surface area (Å²) in [5.74, 6) is -0.166. The molecule has 1 unspecified atom stereocenters. The fourth-order valence-electron chi connectivity index (χ4n) is 4.77. The minimum absolute atomic E-state index is 0.0207. The Hall–Kier alpha value is -3.67. The van der Waals surface area contributed by atoms with E-state index in [1.54, 1.807) is 12.4 Å². The van der Waals surface area contributed by atoms with Crippen LogP contribution in [0.25, 0.3) is 0 Å². The quantitative estimate of drug-likeness (QED) is 0.385. The van der Waals surface area contributed by atoms with Crippen molar-refractivity contribution in [2.24, 2.45) is 5.92 Å². The van der Waals surface area contributed by atoms with E-state index in [1.165, 1.54) is 11.1 Å². The SMILES string of the molecule is CCCCC(CC)C(=O)Nc1ccc(N2CCc3ccccc3C2)c(C(=O)NCc2cccnc2)c1. The van der Waals surface area contributed by atoms with Crippen LogP contribution < -0.4 is 15.5 Å². The Morgan fingerprint density at radius 2 is 1.89 bits per heavy atom. The first kappa shape index (κ1) is 25.4. The zero-order valence-corrected chi connectivity index (χ0v) is 21.3. The lowest BCUT2D eigenvalue weighted by Crippen LogP contribution is -2.33. The van der Waals surface area contributed by atoms with Gasteiger partial charge in [-0.2, -0.15) is 0 Å². The Morgan fingerprint density at radius 3 is 2.64 bits per heavy atom. The van der Waals surface area contributed by atoms with Crippen molar-refractivity contribution in [3.05, 3.63) is 89.2 Å². The molecule has 6 nitrogen and oxygen atoms in total. The lowest BCUT2D eigenvalue weighted by molar-refractivity contribution is -0.120. The molecule has 2 N–H and O–H groups in total. The number of nitrogens with zero attached hydrogens (tertiary/aromatic N) is 2. The summed E-state index contributed by atoms with van der Waals surface area (Å²) in [6, 6.07) is 18.0. The van der Waals surface area contributed by atoms with Crippen LogP contribution in [0.3, 0.4) is 0 Å². The van der Waals surface area contributed by atoms with E-state index in [1.807, 2.05) is 30.3 Å². The minimum Gasteiger partial charge on any atom is -0.366 e. The van der Waals surface area contributed by atoms with Gasteiger partial charge in [0.25, 0.3) is 5.91 Å². The molecule has 1 aliphatic heterocycles. The molecule has 0 saturated heterocycles. The topological polar surface area (TPSA) is 74.3 Å². The maximum atomic E-state index is 13.4. The van der Waals surface area contributed by atoms with Crippen LogP contribution in [0.1, 0.15) is 66.6 Å². The largest absolute Gasteiger partial charge is 0.366 e. The molecule has 3 aromatic rings. The predicted octanol–water partition coefficient (Wildman–Crippen LogP) is 5.73. The number of amides is 2. The van der Waals surface area contributed by atoms with Gasteiger partial charge in [-0.1, -0.05) is 57.0 Å². The molecule has 2 heterocycles. The van der Waals surface area contributed by atoms with Crippen molar-refractivity contribution >= 4 is 23.2 Å². The highest BCUT2D eigenvalue weighted by Crippen LogP contribution is 2.30. The number of unbranched alkanes of at least 4 members (excludes halogenated alkanes) is 1. The maximum Gasteiger partial charge on any atom is 0.253 e. The number of carbonyl (C=O) groups is 2. The molecule has 6 heteroatoms. The smallest absolute Gasteiger partial charge is 0.253 e. The molecule has 36 heavy (non-hydrogen) atoms. The van der Waals surface area contributed by atoms with Crippen molar-refractivity contribution in [2.75, 3.05) is 16.8 Å². The van der Waals surface area contributed by atoms with E-state index in [0.717, 1.165) is 56.4 Å². The number of nitrogens with one attached hydrogen (secondary N) is 2. The summed E-state index contributed by atoms with van der Waals surface area (Å²) in [4.78, 5) is 32.7. The fraction of sp³-hybridized carbons (Fsp3) is 0.367. The summed E-state index contributed by atoms with van der Waals surface area (Å²) in [7, 11) is 0. The molecular formula is C30H36N4O2. The van der Waals surface area contributed by atoms with Crippen LogP contribution in [-0.4, -0.2) is 23.3 Å². The molecule has 4 rings (SSSR count). The Bertz CT molecular complexity index is 1180. The van der Waals surface area contributed by atoms with Crippen LogP contribution in [0.4, 0.5) is 11.4 Å². The highest BCUT2D eigenvalue weighted by molar-refractivity contribution is 6.02. The van der Waals surface area contributed by atoms with Crippen molar-refractivity contribution in [3.63, 3.8) is 0 Å². The number of hydrogen-bond acceptors (Lipinski definition) is 4. The number of benzene rings is 2. The number of hydrogen-bond donors (Lipinski definition) is 2. The summed E-state index contributed by atoms with van der Waals surface area (Å²) in [6.45, 7) is 6.16. The van der Waals surface area contributed by atoms with Crippen molar-refractivity contribution in [1.82, 2.24) is 10.3 Å². The Balaban J connectivity index is 1.58. The second kappa shape index (κ2) is 12.3. The minimum atomic E-state index is -0.165. The van der Waals surface area contributed by atoms with Crippen LogP contribution in [0.2, 0.25) is 0 Å². The molecule has 2 aromatic carbocycles. The van der Waals surface area contributed by atoms with E-state index in [-0.39, 0.29) is 17.7 Å². The van der Waals surface area contributed by atoms with Crippen molar-refractivity contribution in [3.8, 4) is 0 Å². The summed E-state index contributed by atoms with van der Waals surface area (Å²) < 4.78 is 0. The third-order valence-electron chi connectivity index (χ3n) is 6.93. The molecule has 0 aliphatic carbocycles. The van der Waals surface area contributed by atoms with Gasteiger partial charge in [-0.3, -0.25) is 14.6 Å². The molecule has 1 aliphatic rings. The van der Waals surface area contributed by atoms with Gasteiger partial charge >= 0.3 is 0 Å². The Kier molecular flexibility index (Phi) is 8.71. The maximum absolute atomic E-state index is 13.4. The first-order chi connectivity index (χ1) is 17.6. The van der Waals surface area contributed by atoms with Gasteiger partial charge in [0.05, 0.1) is 5.56 Å². The molecule has 0 spiro atoms. The van der Waals surface area contributed by atoms with Crippen LogP contribution in [0, 0.1) is 5.92 Å². The standard InChI is InChI=1S/C30H36N4O2/c1-3-5-10-23(4-2)29(35)33-26-13-14-28(34-17-15-24-11-6-7-12-25(24)21-34)27(18-26)30(36)32-20-22-9-8-16-31-19-22/h6-9,11-14,16,18-19,23H,3-5,10,15,17,20-21H2,1-2H3,(H,32,36)(H,33,35). The van der Waals surface area contributed by atoms with Crippen molar-refractivity contribution in [1.29, 1.82) is 0 Å². The monoisotopic (exact) mass is 484 g/mol. The molecule has 0 radical (unpaired) electrons. The second-order valence-corrected chi connectivity index (χ2v) is 9.45. The number of carbonyl (C=O) groups excluding carboxylic acids is 2. The highest BCUT2D eigenvalue weighted by atomic mass is 16.2. The average molecular weight is 485 g/mol. The summed E-state index contributed by atoms with van der Waals surface area (Å²) in [6.07, 6.45) is 8.18. The normalized spacial score (nSPS) is 13.6. The summed E-state index contributed by atoms with van der Waals surface area (Å²) in [5, 5.41) is 6.11. The second-order valence-electron chi connectivity index (χ2n) is 9.45. The third kappa shape index (κ3) is 6.30. The van der Waals surface area contributed by atoms with Gasteiger partial charge in [-0.15, -0.1) is 0 Å². The molecule has 0 fully saturated rings. The van der Waals surface area contributed by atoms with E-state index in [9.17, 15) is 9.59 Å². The van der Waals surface area contributed by atoms with Crippen LogP contribution >= 0.6 is 0 Å². The number of fused-ring (bicyclic) bond motifs is 1. The van der Waals surface area contributed by atoms with E-state index in [0.29, 0.717) is 17.8 Å². The van der Waals surface area contributed by atoms with Crippen molar-refractivity contribution in [2.45, 2.75) is 59.0 Å². The Morgan fingerprint density at radius 1 is 1.06 bits per heavy atom. The first-order valence-electron chi connectivity index (χ1n) is 13.0. The lowest BCUT2D eigenvalue weighted by Gasteiger charge is -2.32. The van der Waals surface area contributed by atoms with E-state index >= 15 is 0 Å². The van der Waals surface area contributed by atoms with E-state index in [2.05, 4.69) is 58.6 Å². The van der Waals surface area contributed by atoms with Gasteiger partial charge in [-0.05, 0) is 60.2 Å². The first-order valence-corrected chi connectivity index (χ1v) is 13.0. The number of rotatable bonds is 10. The third-order valence-corrected chi connectivity index (χ3v) is 6.93. The van der Waals surface area contributed by atoms with Gasteiger partial charge < -0.3 is 15.5 Å². The van der Waals surface area contributed by atoms with Gasteiger partial charge in [0.2, 0.25) is 5.91 Å². The predicted molar refractivity (Wildman–Crippen MR) is 145 cm³/mol. The zero-order valence-electron chi connectivity index (χ0n) is 21.3. The van der Waals surface area contributed by atoms with Crippen LogP contribution in [-0.2, 0) is 24.3 Å². The zero-order chi connectivity index (χ0) is 25.3. The average Bonchev–Trinajstić information content (AvgIpc) is 2.92. The fourth-order valence-corrected chi connectivity index (χ4v) is 4.77.